The number of hydrogen-bond acceptors (Lipinski definition) is 19. The van der Waals surface area contributed by atoms with Crippen molar-refractivity contribution in [3.05, 3.63) is 95.1 Å². The number of carbonyl (C=O) groups excluding carboxylic acids is 5. The summed E-state index contributed by atoms with van der Waals surface area (Å²) in [5.41, 5.74) is 10.9. The van der Waals surface area contributed by atoms with Crippen LogP contribution in [0.15, 0.2) is 72.8 Å². The van der Waals surface area contributed by atoms with E-state index in [9.17, 15) is 39.6 Å². The molecule has 16 aliphatic rings. The summed E-state index contributed by atoms with van der Waals surface area (Å²) in [7, 11) is 0. The molecule has 24 rings (SSSR count). The van der Waals surface area contributed by atoms with Crippen molar-refractivity contribution >= 4 is 89.7 Å². The van der Waals surface area contributed by atoms with Gasteiger partial charge in [-0.3, -0.25) is 24.0 Å². The number of benzene rings is 4. The maximum Gasteiger partial charge on any atom is 1.00 e. The van der Waals surface area contributed by atoms with Crippen LogP contribution >= 0.6 is 15.9 Å². The van der Waals surface area contributed by atoms with Crippen LogP contribution in [0.2, 0.25) is 0 Å². The first-order valence-corrected chi connectivity index (χ1v) is 55.0. The summed E-state index contributed by atoms with van der Waals surface area (Å²) < 4.78 is 3.64. The molecule has 0 aliphatic heterocycles. The summed E-state index contributed by atoms with van der Waals surface area (Å²) >= 11 is 3.42. The van der Waals surface area contributed by atoms with Gasteiger partial charge in [-0.25, -0.2) is 9.36 Å². The van der Waals surface area contributed by atoms with Gasteiger partial charge in [0.2, 0.25) is 0 Å². The summed E-state index contributed by atoms with van der Waals surface area (Å²) in [5.74, 6) is 17.7. The minimum Gasteiger partial charge on any atom is -1.00 e. The minimum absolute atomic E-state index is 0. The van der Waals surface area contributed by atoms with Crippen LogP contribution in [0, 0.1) is 191 Å². The maximum absolute atomic E-state index is 13.6. The van der Waals surface area contributed by atoms with Gasteiger partial charge in [0.1, 0.15) is 58.5 Å². The monoisotopic (exact) mass is 2020 g/mol. The molecule has 139 heavy (non-hydrogen) atoms. The second-order valence-electron chi connectivity index (χ2n) is 50.1. The summed E-state index contributed by atoms with van der Waals surface area (Å²) in [6, 6.07) is 24.3. The second kappa shape index (κ2) is 42.7. The number of aromatic amines is 1. The molecule has 0 radical (unpaired) electrons. The number of aromatic nitrogens is 12. The van der Waals surface area contributed by atoms with E-state index in [1.165, 1.54) is 176 Å². The van der Waals surface area contributed by atoms with Crippen molar-refractivity contribution in [3.8, 4) is 0 Å². The quantitative estimate of drug-likeness (QED) is 0.0249. The largest absolute Gasteiger partial charge is 1.00 e. The first-order chi connectivity index (χ1) is 65.4. The van der Waals surface area contributed by atoms with E-state index in [0.717, 1.165) is 204 Å². The Kier molecular flexibility index (Phi) is 32.7. The molecule has 32 atom stereocenters. The molecule has 8 aromatic rings. The number of aryl methyl sites for hydroxylation is 4. The molecule has 4 heterocycles. The SMILES string of the molecule is C[C@@]1(O)CC[C@H]2[C@H](CC[C@@H]3[C@@H]2CC[C@]2(C)[C@@H](C(=O)CBr)CC[C@@H]32)C1.Cc1ccc2c(c1)nnn2CC(=O)[C@H]1CC[C@H]2[C@@H]3CC[C@@H]4C[C@](C)(O)CC[C@@H]4[C@H]3CC[C@]12C.Cc1ccc2n[nH]nc2c1.Cc1ccc2nn(CC(=O)[C@H]3CC[C@H]4[C@@H]5CC[C@@H]6C[C@](C)(O)CC[C@@H]6[C@H]5CC[C@]34C)nc2c1.Cc1ccc2nnn(CC(=O)[C@H]3CC[C@H]4[C@@H]5CC[C@@H]6C[C@](C)(O)CC[C@@H]6[C@H]5CC[C@]34C)c2c1.O=CO[O-].[H-].[K+].[K+]. The number of hydrogen-bond donors (Lipinski definition) is 5. The standard InChI is InChI=1S/3C28H39N3O2.C21H33BrO2.C7H7N3.CH2O3.2K.H/c1-17-4-9-25-24(14-17)29-30-31(25)16-26(32)23-8-7-22-21-6-5-18-15-27(2,33)12-10-19(18)20(21)11-13-28(22,23)3;1-17-4-9-24-25(14-17)31(30-29-24)16-26(32)23-8-7-22-21-6-5-18-15-27(2,33)12-10-19(18)20(21)11-13-28(22,23)3;1-17-4-9-24-25(14-17)30-31(29-24)16-26(32)23-8-7-22-21-6-5-18-15-27(2,33)12-10-19(18)20(21)11-13-28(22,23)3;1-20(24)9-7-14-13(11-20)3-4-16-15(14)8-10-21(2)17(16)5-6-18(21)19(23)12-22;1-5-2-3-6-7(4-5)9-10-8-6;2-1-4-3;;;/h3*4,9,14,18-23,33H,5-8,10-13,15-16H2,1-3H3;13-18,24H,3-12H2,1-2H3;2-4H,1H3,(H,8,9,10);1,3H;;;/q;;;;;;2*+1;-1/p-1/t3*18-,19+,20-,21-,22+,23-,27-,28+;13-,14+,15-,16-,17+,18-,20-,21+;;;;;/m1111...../s1. The van der Waals surface area contributed by atoms with Gasteiger partial charge in [0, 0.05) is 23.7 Å². The zero-order valence-electron chi connectivity index (χ0n) is 87.1. The van der Waals surface area contributed by atoms with Crippen LogP contribution in [0.4, 0.5) is 0 Å². The van der Waals surface area contributed by atoms with Gasteiger partial charge in [-0.2, -0.15) is 30.4 Å². The van der Waals surface area contributed by atoms with Gasteiger partial charge < -0.3 is 32.0 Å². The van der Waals surface area contributed by atoms with E-state index in [-0.39, 0.29) is 150 Å². The number of ketones is 4. The van der Waals surface area contributed by atoms with Crippen molar-refractivity contribution in [1.29, 1.82) is 0 Å². The molecule has 0 unspecified atom stereocenters. The number of halogens is 1. The van der Waals surface area contributed by atoms with Gasteiger partial charge in [-0.15, -0.1) is 10.2 Å². The van der Waals surface area contributed by atoms with Crippen LogP contribution in [0.25, 0.3) is 44.1 Å². The number of nitrogens with zero attached hydrogens (tertiary/aromatic N) is 11. The number of rotatable bonds is 12. The van der Waals surface area contributed by atoms with Gasteiger partial charge in [-0.05, 0) is 497 Å². The molecule has 0 bridgehead atoms. The van der Waals surface area contributed by atoms with Gasteiger partial charge >= 0.3 is 103 Å². The molecule has 16 aliphatic carbocycles. The number of carbonyl (C=O) groups is 5. The minimum atomic E-state index is -0.452. The number of nitrogens with one attached hydrogen (secondary N) is 1. The number of aliphatic hydroxyl groups is 4. The Morgan fingerprint density at radius 1 is 0.374 bits per heavy atom. The normalized spacial score (nSPS) is 40.5. The van der Waals surface area contributed by atoms with Gasteiger partial charge in [0.05, 0.1) is 38.8 Å². The van der Waals surface area contributed by atoms with E-state index in [1.807, 2.05) is 105 Å². The molecule has 16 saturated carbocycles. The van der Waals surface area contributed by atoms with Crippen LogP contribution in [0.3, 0.4) is 0 Å². The van der Waals surface area contributed by atoms with E-state index in [1.54, 1.807) is 4.80 Å². The Morgan fingerprint density at radius 2 is 0.683 bits per heavy atom. The summed E-state index contributed by atoms with van der Waals surface area (Å²) in [4.78, 5) is 66.2. The molecule has 746 valence electrons. The Hall–Kier alpha value is -3.82. The van der Waals surface area contributed by atoms with Crippen LogP contribution in [-0.4, -0.2) is 138 Å². The maximum atomic E-state index is 13.6. The number of fused-ring (bicyclic) bond motifs is 24. The van der Waals surface area contributed by atoms with E-state index in [4.69, 9.17) is 10.1 Å². The van der Waals surface area contributed by atoms with Crippen molar-refractivity contribution in [2.24, 2.45) is 164 Å². The number of H-pyrrole nitrogens is 1. The topological polar surface area (TPSA) is 332 Å². The third kappa shape index (κ3) is 21.4. The second-order valence-corrected chi connectivity index (χ2v) is 50.7. The molecule has 0 amide bonds. The van der Waals surface area contributed by atoms with E-state index >= 15 is 0 Å². The fraction of sp³-hybridized carbons (Fsp3) is 0.743. The van der Waals surface area contributed by atoms with Crippen LogP contribution in [-0.2, 0) is 48.5 Å². The van der Waals surface area contributed by atoms with Gasteiger partial charge in [0.25, 0.3) is 6.47 Å². The van der Waals surface area contributed by atoms with Gasteiger partial charge in [-0.1, -0.05) is 78.3 Å². The molecule has 4 aromatic heterocycles. The third-order valence-electron chi connectivity index (χ3n) is 42.0. The van der Waals surface area contributed by atoms with E-state index in [0.29, 0.717) is 89.5 Å². The van der Waals surface area contributed by atoms with Crippen molar-refractivity contribution in [3.63, 3.8) is 0 Å². The predicted octanol–water partition coefficient (Wildman–Crippen LogP) is 14.8. The van der Waals surface area contributed by atoms with E-state index < -0.39 is 22.4 Å². The first kappa shape index (κ1) is 106. The molecular formula is C113H159BrK2N12O11. The summed E-state index contributed by atoms with van der Waals surface area (Å²) in [6.07, 6.45) is 42.2. The number of alkyl halides is 1. The Bertz CT molecular complexity index is 5710. The molecular weight excluding hydrogens is 1860 g/mol. The molecule has 23 nitrogen and oxygen atoms in total. The fourth-order valence-electron chi connectivity index (χ4n) is 35.8. The Morgan fingerprint density at radius 3 is 1.07 bits per heavy atom. The third-order valence-corrected chi connectivity index (χ3v) is 42.5. The van der Waals surface area contributed by atoms with Gasteiger partial charge in [0.15, 0.2) is 17.3 Å². The smallest absolute Gasteiger partial charge is 1.00 e. The van der Waals surface area contributed by atoms with Crippen LogP contribution in [0.1, 0.15) is 310 Å². The average molecular weight is 2020 g/mol. The van der Waals surface area contributed by atoms with Crippen molar-refractivity contribution in [2.75, 3.05) is 5.33 Å². The van der Waals surface area contributed by atoms with Crippen LogP contribution < -0.4 is 108 Å². The Balaban J connectivity index is 0.000000128. The van der Waals surface area contributed by atoms with E-state index in [2.05, 4.69) is 128 Å². The average Bonchev–Trinajstić information content (AvgIpc) is 1.53. The molecule has 26 heteroatoms. The molecule has 0 spiro atoms. The molecule has 16 fully saturated rings. The molecule has 0 saturated heterocycles. The molecule has 4 aromatic carbocycles. The summed E-state index contributed by atoms with van der Waals surface area (Å²) in [6.45, 7) is 26.9. The van der Waals surface area contributed by atoms with Crippen molar-refractivity contribution in [1.82, 2.24) is 60.4 Å². The predicted molar refractivity (Wildman–Crippen MR) is 532 cm³/mol. The zero-order chi connectivity index (χ0) is 96.4. The van der Waals surface area contributed by atoms with Crippen LogP contribution in [0.5, 0.6) is 0 Å². The van der Waals surface area contributed by atoms with Crippen molar-refractivity contribution in [2.45, 2.75) is 356 Å². The Labute approximate surface area is 919 Å². The zero-order valence-corrected chi connectivity index (χ0v) is 93.9. The summed E-state index contributed by atoms with van der Waals surface area (Å²) in [5, 5.41) is 88.2. The number of Topliss-reactive ketones (excluding diaryl/α,β-unsaturated/α-hetero) is 4. The fourth-order valence-corrected chi connectivity index (χ4v) is 36.2. The first-order valence-electron chi connectivity index (χ1n) is 53.8. The molecule has 5 N–H and O–H groups in total. The van der Waals surface area contributed by atoms with Crippen molar-refractivity contribution < 1.29 is 159 Å².